The number of fused-ring (bicyclic) bond motifs is 1. The Kier molecular flexibility index (Phi) is 3.82. The highest BCUT2D eigenvalue weighted by atomic mass is 17.2. The summed E-state index contributed by atoms with van der Waals surface area (Å²) in [7, 11) is 1.47. The summed E-state index contributed by atoms with van der Waals surface area (Å²) in [6, 6.07) is 3.70. The molecule has 0 radical (unpaired) electrons. The van der Waals surface area contributed by atoms with Crippen molar-refractivity contribution < 1.29 is 14.5 Å². The van der Waals surface area contributed by atoms with Gasteiger partial charge in [-0.3, -0.25) is 5.10 Å². The number of H-pyrrole nitrogens is 1. The van der Waals surface area contributed by atoms with Crippen molar-refractivity contribution in [2.75, 3.05) is 13.7 Å². The number of nitrogens with zero attached hydrogens (tertiary/aromatic N) is 1. The van der Waals surface area contributed by atoms with E-state index >= 15 is 0 Å². The molecule has 2 aromatic rings. The first-order valence-corrected chi connectivity index (χ1v) is 5.65. The molecule has 17 heavy (non-hydrogen) atoms. The van der Waals surface area contributed by atoms with E-state index in [-0.39, 0.29) is 0 Å². The molecule has 0 unspecified atom stereocenters. The monoisotopic (exact) mass is 236 g/mol. The first-order valence-electron chi connectivity index (χ1n) is 5.65. The van der Waals surface area contributed by atoms with Crippen molar-refractivity contribution >= 4 is 10.9 Å². The number of nitrogens with one attached hydrogen (secondary N) is 1. The van der Waals surface area contributed by atoms with Gasteiger partial charge in [-0.25, -0.2) is 0 Å². The molecule has 0 amide bonds. The molecule has 1 N–H and O–H groups in total. The third-order valence-electron chi connectivity index (χ3n) is 2.43. The molecule has 0 bridgehead atoms. The molecule has 0 aliphatic heterocycles. The van der Waals surface area contributed by atoms with Gasteiger partial charge in [0.05, 0.1) is 25.4 Å². The minimum absolute atomic E-state index is 0.556. The zero-order valence-corrected chi connectivity index (χ0v) is 10.0. The van der Waals surface area contributed by atoms with Crippen molar-refractivity contribution in [2.45, 2.75) is 19.8 Å². The summed E-state index contributed by atoms with van der Waals surface area (Å²) in [5.74, 6) is 1.23. The molecular weight excluding hydrogens is 220 g/mol. The maximum Gasteiger partial charge on any atom is 0.209 e. The van der Waals surface area contributed by atoms with Gasteiger partial charge in [0.25, 0.3) is 0 Å². The Balaban J connectivity index is 2.25. The number of aromatic nitrogens is 2. The summed E-state index contributed by atoms with van der Waals surface area (Å²) in [4.78, 5) is 9.76. The fourth-order valence-corrected chi connectivity index (χ4v) is 1.54. The lowest BCUT2D eigenvalue weighted by atomic mass is 10.2. The number of hydrogen-bond acceptors (Lipinski definition) is 4. The molecule has 5 heteroatoms. The van der Waals surface area contributed by atoms with E-state index in [1.807, 2.05) is 12.1 Å². The van der Waals surface area contributed by atoms with E-state index in [1.54, 1.807) is 6.20 Å². The van der Waals surface area contributed by atoms with Crippen molar-refractivity contribution in [3.63, 3.8) is 0 Å². The highest BCUT2D eigenvalue weighted by molar-refractivity contribution is 5.82. The fraction of sp³-hybridized carbons (Fsp3) is 0.417. The predicted octanol–water partition coefficient (Wildman–Crippen LogP) is 2.68. The zero-order valence-electron chi connectivity index (χ0n) is 10.0. The topological polar surface area (TPSA) is 56.4 Å². The zero-order chi connectivity index (χ0) is 12.1. The number of unbranched alkanes of at least 4 members (excludes halogenated alkanes) is 1. The molecule has 92 valence electrons. The van der Waals surface area contributed by atoms with Crippen LogP contribution in [0.3, 0.4) is 0 Å². The van der Waals surface area contributed by atoms with Gasteiger partial charge in [-0.05, 0) is 12.5 Å². The van der Waals surface area contributed by atoms with Gasteiger partial charge in [-0.15, -0.1) is 0 Å². The predicted molar refractivity (Wildman–Crippen MR) is 64.1 cm³/mol. The minimum atomic E-state index is 0.556. The Morgan fingerprint density at radius 1 is 1.29 bits per heavy atom. The van der Waals surface area contributed by atoms with Crippen LogP contribution in [0.25, 0.3) is 10.9 Å². The molecule has 0 fully saturated rings. The second kappa shape index (κ2) is 5.54. The Labute approximate surface area is 99.6 Å². The number of ether oxygens (including phenoxy) is 1. The van der Waals surface area contributed by atoms with Gasteiger partial charge < -0.3 is 9.62 Å². The lowest BCUT2D eigenvalue weighted by Gasteiger charge is -2.10. The molecule has 5 nitrogen and oxygen atoms in total. The van der Waals surface area contributed by atoms with Crippen molar-refractivity contribution in [3.05, 3.63) is 18.3 Å². The second-order valence-electron chi connectivity index (χ2n) is 3.71. The quantitative estimate of drug-likeness (QED) is 0.476. The van der Waals surface area contributed by atoms with Crippen molar-refractivity contribution in [3.8, 4) is 11.5 Å². The molecule has 1 aromatic carbocycles. The third kappa shape index (κ3) is 2.68. The van der Waals surface area contributed by atoms with Gasteiger partial charge in [-0.2, -0.15) is 9.99 Å². The van der Waals surface area contributed by atoms with E-state index in [9.17, 15) is 0 Å². The van der Waals surface area contributed by atoms with E-state index in [0.29, 0.717) is 18.1 Å². The Morgan fingerprint density at radius 2 is 2.18 bits per heavy atom. The Bertz CT molecular complexity index is 482. The fourth-order valence-electron chi connectivity index (χ4n) is 1.54. The normalized spacial score (nSPS) is 10.7. The molecule has 0 aliphatic carbocycles. The summed E-state index contributed by atoms with van der Waals surface area (Å²) in [5, 5.41) is 7.82. The molecule has 0 aliphatic rings. The standard InChI is InChI=1S/C12H16N2O3/c1-3-4-5-16-11-6-9-8-13-14-10(9)7-12(11)17-15-2/h6-8H,3-5H2,1-2H3,(H,13,14). The largest absolute Gasteiger partial charge is 0.490 e. The second-order valence-corrected chi connectivity index (χ2v) is 3.71. The smallest absolute Gasteiger partial charge is 0.209 e. The van der Waals surface area contributed by atoms with Gasteiger partial charge >= 0.3 is 0 Å². The van der Waals surface area contributed by atoms with Crippen LogP contribution in [-0.2, 0) is 4.89 Å². The summed E-state index contributed by atoms with van der Waals surface area (Å²) < 4.78 is 5.66. The molecule has 0 atom stereocenters. The molecule has 0 saturated carbocycles. The Morgan fingerprint density at radius 3 is 2.94 bits per heavy atom. The van der Waals surface area contributed by atoms with E-state index in [1.165, 1.54) is 7.11 Å². The molecule has 1 aromatic heterocycles. The summed E-state index contributed by atoms with van der Waals surface area (Å²) in [5.41, 5.74) is 0.889. The van der Waals surface area contributed by atoms with Crippen LogP contribution in [0.15, 0.2) is 18.3 Å². The van der Waals surface area contributed by atoms with Crippen LogP contribution in [0, 0.1) is 0 Å². The van der Waals surface area contributed by atoms with Gasteiger partial charge in [0.15, 0.2) is 5.75 Å². The number of benzene rings is 1. The number of aromatic amines is 1. The summed E-state index contributed by atoms with van der Waals surface area (Å²) >= 11 is 0. The SMILES string of the molecule is CCCCOc1cc2cn[nH]c2cc1OOC. The van der Waals surface area contributed by atoms with Crippen molar-refractivity contribution in [2.24, 2.45) is 0 Å². The molecule has 1 heterocycles. The maximum absolute atomic E-state index is 5.66. The first-order chi connectivity index (χ1) is 8.35. The van der Waals surface area contributed by atoms with E-state index in [4.69, 9.17) is 9.62 Å². The van der Waals surface area contributed by atoms with Crippen LogP contribution in [-0.4, -0.2) is 23.9 Å². The average molecular weight is 236 g/mol. The summed E-state index contributed by atoms with van der Waals surface area (Å²) in [6.45, 7) is 2.79. The lowest BCUT2D eigenvalue weighted by Crippen LogP contribution is -2.00. The highest BCUT2D eigenvalue weighted by Crippen LogP contribution is 2.31. The Hall–Kier alpha value is -1.75. The van der Waals surface area contributed by atoms with Crippen LogP contribution >= 0.6 is 0 Å². The van der Waals surface area contributed by atoms with Gasteiger partial charge in [0.2, 0.25) is 5.75 Å². The summed E-state index contributed by atoms with van der Waals surface area (Å²) in [6.07, 6.45) is 3.85. The van der Waals surface area contributed by atoms with Gasteiger partial charge in [-0.1, -0.05) is 13.3 Å². The number of hydrogen-bond donors (Lipinski definition) is 1. The lowest BCUT2D eigenvalue weighted by molar-refractivity contribution is -0.179. The van der Waals surface area contributed by atoms with Crippen LogP contribution in [0.2, 0.25) is 0 Å². The first kappa shape index (κ1) is 11.7. The van der Waals surface area contributed by atoms with Crippen LogP contribution < -0.4 is 9.62 Å². The number of rotatable bonds is 6. The van der Waals surface area contributed by atoms with Crippen LogP contribution in [0.4, 0.5) is 0 Å². The van der Waals surface area contributed by atoms with E-state index < -0.39 is 0 Å². The average Bonchev–Trinajstić information content (AvgIpc) is 2.77. The highest BCUT2D eigenvalue weighted by Gasteiger charge is 2.09. The maximum atomic E-state index is 5.66. The van der Waals surface area contributed by atoms with Crippen molar-refractivity contribution in [1.82, 2.24) is 10.2 Å². The minimum Gasteiger partial charge on any atom is -0.490 e. The van der Waals surface area contributed by atoms with Crippen molar-refractivity contribution in [1.29, 1.82) is 0 Å². The van der Waals surface area contributed by atoms with Crippen LogP contribution in [0.5, 0.6) is 11.5 Å². The molecule has 0 saturated heterocycles. The molecule has 0 spiro atoms. The van der Waals surface area contributed by atoms with Gasteiger partial charge in [0, 0.05) is 11.5 Å². The third-order valence-corrected chi connectivity index (χ3v) is 2.43. The molecular formula is C12H16N2O3. The van der Waals surface area contributed by atoms with Crippen LogP contribution in [0.1, 0.15) is 19.8 Å². The molecule has 2 rings (SSSR count). The van der Waals surface area contributed by atoms with Gasteiger partial charge in [0.1, 0.15) is 0 Å². The van der Waals surface area contributed by atoms with E-state index in [0.717, 1.165) is 23.7 Å². The van der Waals surface area contributed by atoms with E-state index in [2.05, 4.69) is 22.0 Å².